The van der Waals surface area contributed by atoms with Gasteiger partial charge in [-0.2, -0.15) is 0 Å². The average Bonchev–Trinajstić information content (AvgIpc) is 2.65. The number of para-hydroxylation sites is 1. The third-order valence-corrected chi connectivity index (χ3v) is 4.69. The highest BCUT2D eigenvalue weighted by atomic mass is 16.6. The summed E-state index contributed by atoms with van der Waals surface area (Å²) in [7, 11) is 0. The number of anilines is 1. The third-order valence-electron chi connectivity index (χ3n) is 4.69. The molecule has 1 radical (unpaired) electrons. The zero-order chi connectivity index (χ0) is 18.3. The van der Waals surface area contributed by atoms with E-state index in [0.717, 1.165) is 52.0 Å². The maximum Gasteiger partial charge on any atom is 0.191 e. The standard InChI is InChI=1S/C21H37N2O2/c1-4-22(5-2)17-11-8-12-19-25-21(24)16-13-18-23(6-3)20-14-9-7-10-15-20/h7,9-10,14-15,21H,4-6,8,11-13,16-19H2,1-3H3. The monoisotopic (exact) mass is 349 g/mol. The highest BCUT2D eigenvalue weighted by molar-refractivity contribution is 5.45. The Balaban J connectivity index is 2.06. The van der Waals surface area contributed by atoms with E-state index in [0.29, 0.717) is 13.0 Å². The summed E-state index contributed by atoms with van der Waals surface area (Å²) in [6.07, 6.45) is 3.90. The lowest BCUT2D eigenvalue weighted by Gasteiger charge is -2.23. The van der Waals surface area contributed by atoms with Crippen molar-refractivity contribution in [3.05, 3.63) is 30.3 Å². The van der Waals surface area contributed by atoms with Gasteiger partial charge in [0.25, 0.3) is 0 Å². The van der Waals surface area contributed by atoms with Crippen molar-refractivity contribution in [2.45, 2.75) is 59.2 Å². The Hall–Kier alpha value is -1.10. The van der Waals surface area contributed by atoms with E-state index in [4.69, 9.17) is 4.74 Å². The van der Waals surface area contributed by atoms with Gasteiger partial charge < -0.3 is 14.5 Å². The molecule has 1 atom stereocenters. The molecule has 143 valence electrons. The van der Waals surface area contributed by atoms with E-state index >= 15 is 0 Å². The smallest absolute Gasteiger partial charge is 0.191 e. The molecule has 0 heterocycles. The van der Waals surface area contributed by atoms with E-state index in [1.165, 1.54) is 12.1 Å². The second-order valence-electron chi connectivity index (χ2n) is 6.45. The maximum absolute atomic E-state index is 11.9. The van der Waals surface area contributed by atoms with Crippen molar-refractivity contribution in [3.63, 3.8) is 0 Å². The zero-order valence-electron chi connectivity index (χ0n) is 16.5. The minimum absolute atomic E-state index is 0.586. The van der Waals surface area contributed by atoms with Crippen molar-refractivity contribution in [3.8, 4) is 0 Å². The Labute approximate surface area is 154 Å². The van der Waals surface area contributed by atoms with Gasteiger partial charge in [0.2, 0.25) is 0 Å². The number of hydrogen-bond acceptors (Lipinski definition) is 3. The first-order valence-electron chi connectivity index (χ1n) is 10.0. The number of unbranched alkanes of at least 4 members (excludes halogenated alkanes) is 2. The van der Waals surface area contributed by atoms with Crippen LogP contribution in [0.5, 0.6) is 0 Å². The van der Waals surface area contributed by atoms with Crippen molar-refractivity contribution in [1.82, 2.24) is 4.90 Å². The van der Waals surface area contributed by atoms with Crippen LogP contribution in [-0.2, 0) is 9.84 Å². The number of ether oxygens (including phenoxy) is 1. The molecule has 0 amide bonds. The second-order valence-corrected chi connectivity index (χ2v) is 6.45. The predicted molar refractivity (Wildman–Crippen MR) is 106 cm³/mol. The van der Waals surface area contributed by atoms with E-state index in [1.54, 1.807) is 0 Å². The number of benzene rings is 1. The van der Waals surface area contributed by atoms with Crippen LogP contribution in [-0.4, -0.2) is 50.5 Å². The molecule has 1 aromatic rings. The largest absolute Gasteiger partial charge is 0.372 e. The quantitative estimate of drug-likeness (QED) is 0.343. The predicted octanol–water partition coefficient (Wildman–Crippen LogP) is 4.58. The van der Waals surface area contributed by atoms with Gasteiger partial charge in [-0.05, 0) is 64.4 Å². The lowest BCUT2D eigenvalue weighted by Crippen LogP contribution is -2.25. The van der Waals surface area contributed by atoms with Crippen molar-refractivity contribution in [2.24, 2.45) is 0 Å². The molecular formula is C21H37N2O2. The van der Waals surface area contributed by atoms with E-state index < -0.39 is 6.29 Å². The maximum atomic E-state index is 11.9. The fourth-order valence-electron chi connectivity index (χ4n) is 3.01. The van der Waals surface area contributed by atoms with Crippen molar-refractivity contribution < 1.29 is 9.84 Å². The van der Waals surface area contributed by atoms with Crippen molar-refractivity contribution >= 4 is 5.69 Å². The molecular weight excluding hydrogens is 312 g/mol. The highest BCUT2D eigenvalue weighted by Gasteiger charge is 2.09. The Morgan fingerprint density at radius 3 is 2.24 bits per heavy atom. The molecule has 1 rings (SSSR count). The van der Waals surface area contributed by atoms with Crippen LogP contribution in [0, 0.1) is 0 Å². The summed E-state index contributed by atoms with van der Waals surface area (Å²) in [5.74, 6) is 0. The van der Waals surface area contributed by atoms with Crippen LogP contribution in [0.15, 0.2) is 30.3 Å². The highest BCUT2D eigenvalue weighted by Crippen LogP contribution is 2.14. The van der Waals surface area contributed by atoms with Gasteiger partial charge in [0, 0.05) is 31.8 Å². The van der Waals surface area contributed by atoms with Gasteiger partial charge in [0.05, 0.1) is 0 Å². The fourth-order valence-corrected chi connectivity index (χ4v) is 3.01. The van der Waals surface area contributed by atoms with Crippen molar-refractivity contribution in [2.75, 3.05) is 44.2 Å². The van der Waals surface area contributed by atoms with Crippen molar-refractivity contribution in [1.29, 1.82) is 0 Å². The Morgan fingerprint density at radius 1 is 0.880 bits per heavy atom. The van der Waals surface area contributed by atoms with E-state index in [-0.39, 0.29) is 0 Å². The molecule has 0 spiro atoms. The topological polar surface area (TPSA) is 35.6 Å². The lowest BCUT2D eigenvalue weighted by molar-refractivity contribution is -0.144. The summed E-state index contributed by atoms with van der Waals surface area (Å²) in [6, 6.07) is 10.4. The van der Waals surface area contributed by atoms with Gasteiger partial charge in [-0.1, -0.05) is 32.0 Å². The molecule has 0 saturated carbocycles. The summed E-state index contributed by atoms with van der Waals surface area (Å²) in [4.78, 5) is 4.74. The molecule has 0 bridgehead atoms. The van der Waals surface area contributed by atoms with Gasteiger partial charge in [0.1, 0.15) is 0 Å². The van der Waals surface area contributed by atoms with Crippen LogP contribution in [0.4, 0.5) is 5.69 Å². The first-order chi connectivity index (χ1) is 12.2. The Morgan fingerprint density at radius 2 is 1.60 bits per heavy atom. The minimum atomic E-state index is -0.878. The molecule has 0 aliphatic rings. The molecule has 4 nitrogen and oxygen atoms in total. The molecule has 0 aliphatic heterocycles. The van der Waals surface area contributed by atoms with Crippen LogP contribution in [0.1, 0.15) is 52.9 Å². The third kappa shape index (κ3) is 9.83. The second kappa shape index (κ2) is 14.1. The lowest BCUT2D eigenvalue weighted by atomic mass is 10.2. The number of rotatable bonds is 15. The summed E-state index contributed by atoms with van der Waals surface area (Å²) in [5.41, 5.74) is 1.22. The zero-order valence-corrected chi connectivity index (χ0v) is 16.5. The van der Waals surface area contributed by atoms with Gasteiger partial charge >= 0.3 is 0 Å². The molecule has 4 heteroatoms. The number of hydrogen-bond donors (Lipinski definition) is 0. The summed E-state index contributed by atoms with van der Waals surface area (Å²) in [6.45, 7) is 12.4. The van der Waals surface area contributed by atoms with Crippen LogP contribution in [0.3, 0.4) is 0 Å². The first-order valence-corrected chi connectivity index (χ1v) is 10.0. The first kappa shape index (κ1) is 21.9. The molecule has 0 fully saturated rings. The minimum Gasteiger partial charge on any atom is -0.372 e. The van der Waals surface area contributed by atoms with Gasteiger partial charge in [-0.15, -0.1) is 0 Å². The van der Waals surface area contributed by atoms with Crippen LogP contribution in [0.2, 0.25) is 0 Å². The van der Waals surface area contributed by atoms with E-state index in [9.17, 15) is 5.11 Å². The fraction of sp³-hybridized carbons (Fsp3) is 0.714. The van der Waals surface area contributed by atoms with E-state index in [2.05, 4.69) is 54.8 Å². The number of nitrogens with zero attached hydrogens (tertiary/aromatic N) is 2. The molecule has 25 heavy (non-hydrogen) atoms. The van der Waals surface area contributed by atoms with E-state index in [1.807, 2.05) is 6.07 Å². The molecule has 1 unspecified atom stereocenters. The molecule has 0 N–H and O–H groups in total. The Bertz CT molecular complexity index is 410. The summed E-state index contributed by atoms with van der Waals surface area (Å²) >= 11 is 0. The molecule has 0 aromatic heterocycles. The SMILES string of the molecule is CCN(CC)CCCCCOC([O])CCCN(CC)c1ccccc1. The Kier molecular flexibility index (Phi) is 12.4. The van der Waals surface area contributed by atoms with Gasteiger partial charge in [-0.3, -0.25) is 0 Å². The average molecular weight is 350 g/mol. The molecule has 0 aliphatic carbocycles. The van der Waals surface area contributed by atoms with Gasteiger partial charge in [-0.25, -0.2) is 5.11 Å². The molecule has 0 saturated heterocycles. The van der Waals surface area contributed by atoms with Crippen LogP contribution < -0.4 is 4.90 Å². The molecule has 1 aromatic carbocycles. The summed E-state index contributed by atoms with van der Waals surface area (Å²) < 4.78 is 5.44. The van der Waals surface area contributed by atoms with Crippen LogP contribution in [0.25, 0.3) is 0 Å². The van der Waals surface area contributed by atoms with Gasteiger partial charge in [0.15, 0.2) is 6.29 Å². The normalized spacial score (nSPS) is 12.5. The van der Waals surface area contributed by atoms with Crippen LogP contribution >= 0.6 is 0 Å². The summed E-state index contributed by atoms with van der Waals surface area (Å²) in [5, 5.41) is 11.9.